The molecule has 0 radical (unpaired) electrons. The highest BCUT2D eigenvalue weighted by Gasteiger charge is 2.18. The van der Waals surface area contributed by atoms with Crippen molar-refractivity contribution in [3.63, 3.8) is 0 Å². The highest BCUT2D eigenvalue weighted by molar-refractivity contribution is 5.73. The first kappa shape index (κ1) is 18.0. The Labute approximate surface area is 140 Å². The summed E-state index contributed by atoms with van der Waals surface area (Å²) in [5.41, 5.74) is 8.20. The van der Waals surface area contributed by atoms with Crippen LogP contribution in [0.15, 0.2) is 24.3 Å². The van der Waals surface area contributed by atoms with Crippen LogP contribution >= 0.6 is 0 Å². The van der Waals surface area contributed by atoms with Crippen molar-refractivity contribution in [2.75, 3.05) is 32.7 Å². The molecule has 0 saturated carbocycles. The van der Waals surface area contributed by atoms with E-state index in [1.807, 2.05) is 0 Å². The Morgan fingerprint density at radius 2 is 1.78 bits per heavy atom. The minimum Gasteiger partial charge on any atom is -0.370 e. The molecule has 1 fully saturated rings. The molecular weight excluding hydrogens is 286 g/mol. The first-order valence-electron chi connectivity index (χ1n) is 8.67. The van der Waals surface area contributed by atoms with E-state index in [2.05, 4.69) is 54.8 Å². The SMILES string of the molecule is CC(C)(C)c1cccc(CN2CCN(CCCC(N)=O)CC2)c1. The summed E-state index contributed by atoms with van der Waals surface area (Å²) >= 11 is 0. The number of amides is 1. The predicted molar refractivity (Wildman–Crippen MR) is 95.3 cm³/mol. The first-order chi connectivity index (χ1) is 10.8. The molecule has 1 aliphatic heterocycles. The minimum atomic E-state index is -0.192. The Morgan fingerprint density at radius 3 is 2.39 bits per heavy atom. The van der Waals surface area contributed by atoms with Crippen molar-refractivity contribution in [3.8, 4) is 0 Å². The fraction of sp³-hybridized carbons (Fsp3) is 0.632. The van der Waals surface area contributed by atoms with Crippen LogP contribution in [0.4, 0.5) is 0 Å². The molecule has 0 bridgehead atoms. The molecule has 0 unspecified atom stereocenters. The van der Waals surface area contributed by atoms with E-state index < -0.39 is 0 Å². The summed E-state index contributed by atoms with van der Waals surface area (Å²) in [6.45, 7) is 13.1. The van der Waals surface area contributed by atoms with Gasteiger partial charge in [-0.2, -0.15) is 0 Å². The Morgan fingerprint density at radius 1 is 1.13 bits per heavy atom. The van der Waals surface area contributed by atoms with Crippen LogP contribution in [-0.2, 0) is 16.8 Å². The third kappa shape index (κ3) is 5.96. The summed E-state index contributed by atoms with van der Waals surface area (Å²) in [5.74, 6) is -0.192. The molecule has 0 atom stereocenters. The smallest absolute Gasteiger partial charge is 0.217 e. The monoisotopic (exact) mass is 317 g/mol. The van der Waals surface area contributed by atoms with Crippen LogP contribution in [0.2, 0.25) is 0 Å². The van der Waals surface area contributed by atoms with Crippen LogP contribution in [0.5, 0.6) is 0 Å². The van der Waals surface area contributed by atoms with E-state index in [-0.39, 0.29) is 11.3 Å². The highest BCUT2D eigenvalue weighted by atomic mass is 16.1. The van der Waals surface area contributed by atoms with Crippen molar-refractivity contribution in [1.29, 1.82) is 0 Å². The molecule has 1 amide bonds. The Hall–Kier alpha value is -1.39. The van der Waals surface area contributed by atoms with Gasteiger partial charge in [0.25, 0.3) is 0 Å². The van der Waals surface area contributed by atoms with Crippen LogP contribution < -0.4 is 5.73 Å². The number of hydrogen-bond acceptors (Lipinski definition) is 3. The van der Waals surface area contributed by atoms with Gasteiger partial charge in [0.15, 0.2) is 0 Å². The maximum Gasteiger partial charge on any atom is 0.217 e. The van der Waals surface area contributed by atoms with Gasteiger partial charge in [-0.25, -0.2) is 0 Å². The van der Waals surface area contributed by atoms with Gasteiger partial charge in [0.2, 0.25) is 5.91 Å². The van der Waals surface area contributed by atoms with Crippen molar-refractivity contribution < 1.29 is 4.79 Å². The molecular formula is C19H31N3O. The Balaban J connectivity index is 1.79. The van der Waals surface area contributed by atoms with Crippen LogP contribution in [0.25, 0.3) is 0 Å². The second-order valence-electron chi connectivity index (χ2n) is 7.64. The highest BCUT2D eigenvalue weighted by Crippen LogP contribution is 2.23. The summed E-state index contributed by atoms with van der Waals surface area (Å²) in [7, 11) is 0. The molecule has 0 aromatic heterocycles. The molecule has 23 heavy (non-hydrogen) atoms. The van der Waals surface area contributed by atoms with Crippen molar-refractivity contribution in [2.45, 2.75) is 45.6 Å². The number of nitrogens with two attached hydrogens (primary N) is 1. The Bertz CT molecular complexity index is 514. The minimum absolute atomic E-state index is 0.192. The second-order valence-corrected chi connectivity index (χ2v) is 7.64. The predicted octanol–water partition coefficient (Wildman–Crippen LogP) is 2.37. The third-order valence-corrected chi connectivity index (χ3v) is 4.56. The zero-order valence-corrected chi connectivity index (χ0v) is 14.8. The number of piperazine rings is 1. The number of benzene rings is 1. The van der Waals surface area contributed by atoms with E-state index >= 15 is 0 Å². The topological polar surface area (TPSA) is 49.6 Å². The standard InChI is InChI=1S/C19H31N3O/c1-19(2,3)17-7-4-6-16(14-17)15-22-12-10-21(11-13-22)9-5-8-18(20)23/h4,6-7,14H,5,8-13,15H2,1-3H3,(H2,20,23). The molecule has 0 spiro atoms. The maximum absolute atomic E-state index is 10.8. The average Bonchev–Trinajstić information content (AvgIpc) is 2.48. The number of carbonyl (C=O) groups is 1. The summed E-state index contributed by atoms with van der Waals surface area (Å²) in [6.07, 6.45) is 1.38. The normalized spacial score (nSPS) is 17.3. The van der Waals surface area contributed by atoms with Crippen molar-refractivity contribution in [3.05, 3.63) is 35.4 Å². The van der Waals surface area contributed by atoms with Gasteiger partial charge in [-0.1, -0.05) is 45.0 Å². The van der Waals surface area contributed by atoms with Crippen molar-refractivity contribution in [2.24, 2.45) is 5.73 Å². The van der Waals surface area contributed by atoms with E-state index in [9.17, 15) is 4.79 Å². The molecule has 1 aromatic carbocycles. The number of carbonyl (C=O) groups excluding carboxylic acids is 1. The van der Waals surface area contributed by atoms with Crippen molar-refractivity contribution >= 4 is 5.91 Å². The van der Waals surface area contributed by atoms with Gasteiger partial charge in [-0.05, 0) is 29.5 Å². The molecule has 1 aliphatic rings. The molecule has 2 rings (SSSR count). The molecule has 1 heterocycles. The lowest BCUT2D eigenvalue weighted by molar-refractivity contribution is -0.118. The third-order valence-electron chi connectivity index (χ3n) is 4.56. The lowest BCUT2D eigenvalue weighted by Crippen LogP contribution is -2.46. The van der Waals surface area contributed by atoms with Gasteiger partial charge in [-0.3, -0.25) is 9.69 Å². The molecule has 1 aromatic rings. The molecule has 1 saturated heterocycles. The summed E-state index contributed by atoms with van der Waals surface area (Å²) < 4.78 is 0. The summed E-state index contributed by atoms with van der Waals surface area (Å²) in [4.78, 5) is 15.7. The maximum atomic E-state index is 10.8. The van der Waals surface area contributed by atoms with Gasteiger partial charge < -0.3 is 10.6 Å². The van der Waals surface area contributed by atoms with Crippen molar-refractivity contribution in [1.82, 2.24) is 9.80 Å². The first-order valence-corrected chi connectivity index (χ1v) is 8.67. The van der Waals surface area contributed by atoms with Crippen LogP contribution in [0, 0.1) is 0 Å². The fourth-order valence-corrected chi connectivity index (χ4v) is 3.04. The number of primary amides is 1. The van der Waals surface area contributed by atoms with Crippen LogP contribution in [0.3, 0.4) is 0 Å². The Kier molecular flexibility index (Phi) is 6.19. The van der Waals surface area contributed by atoms with Crippen LogP contribution in [-0.4, -0.2) is 48.4 Å². The van der Waals surface area contributed by atoms with Gasteiger partial charge >= 0.3 is 0 Å². The average molecular weight is 317 g/mol. The van der Waals surface area contributed by atoms with Gasteiger partial charge in [0.1, 0.15) is 0 Å². The summed E-state index contributed by atoms with van der Waals surface area (Å²) in [5, 5.41) is 0. The number of nitrogens with zero attached hydrogens (tertiary/aromatic N) is 2. The van der Waals surface area contributed by atoms with E-state index in [1.54, 1.807) is 0 Å². The molecule has 128 valence electrons. The zero-order valence-electron chi connectivity index (χ0n) is 14.8. The lowest BCUT2D eigenvalue weighted by Gasteiger charge is -2.34. The van der Waals surface area contributed by atoms with E-state index in [0.29, 0.717) is 6.42 Å². The van der Waals surface area contributed by atoms with Crippen LogP contribution in [0.1, 0.15) is 44.7 Å². The molecule has 4 nitrogen and oxygen atoms in total. The number of hydrogen-bond donors (Lipinski definition) is 1. The molecule has 0 aliphatic carbocycles. The van der Waals surface area contributed by atoms with Gasteiger partial charge in [-0.15, -0.1) is 0 Å². The number of rotatable bonds is 6. The van der Waals surface area contributed by atoms with Gasteiger partial charge in [0, 0.05) is 39.1 Å². The van der Waals surface area contributed by atoms with E-state index in [1.165, 1.54) is 11.1 Å². The van der Waals surface area contributed by atoms with E-state index in [0.717, 1.165) is 45.7 Å². The molecule has 4 heteroatoms. The molecule has 2 N–H and O–H groups in total. The quantitative estimate of drug-likeness (QED) is 0.876. The summed E-state index contributed by atoms with van der Waals surface area (Å²) in [6, 6.07) is 8.98. The van der Waals surface area contributed by atoms with E-state index in [4.69, 9.17) is 5.73 Å². The second kappa shape index (κ2) is 7.93. The zero-order chi connectivity index (χ0) is 16.9. The lowest BCUT2D eigenvalue weighted by atomic mass is 9.86. The largest absolute Gasteiger partial charge is 0.370 e. The fourth-order valence-electron chi connectivity index (χ4n) is 3.04. The van der Waals surface area contributed by atoms with Gasteiger partial charge in [0.05, 0.1) is 0 Å².